The smallest absolute Gasteiger partial charge is 0.222 e. The number of hydrogen-bond acceptors (Lipinski definition) is 3. The van der Waals surface area contributed by atoms with Crippen LogP contribution < -0.4 is 11.1 Å². The van der Waals surface area contributed by atoms with E-state index in [2.05, 4.69) is 10.4 Å². The van der Waals surface area contributed by atoms with Gasteiger partial charge in [0.2, 0.25) is 5.91 Å². The number of nitrogens with one attached hydrogen (secondary N) is 1. The number of aromatic nitrogens is 2. The van der Waals surface area contributed by atoms with Gasteiger partial charge in [0.25, 0.3) is 0 Å². The predicted octanol–water partition coefficient (Wildman–Crippen LogP) is -0.792. The van der Waals surface area contributed by atoms with Crippen LogP contribution in [0, 0.1) is 5.92 Å². The van der Waals surface area contributed by atoms with Crippen molar-refractivity contribution in [2.45, 2.75) is 5.92 Å². The van der Waals surface area contributed by atoms with E-state index in [0.29, 0.717) is 6.54 Å². The summed E-state index contributed by atoms with van der Waals surface area (Å²) < 4.78 is 1.74. The quantitative estimate of drug-likeness (QED) is 0.648. The Morgan fingerprint density at radius 2 is 2.50 bits per heavy atom. The molecule has 1 saturated heterocycles. The lowest BCUT2D eigenvalue weighted by Gasteiger charge is -2.12. The summed E-state index contributed by atoms with van der Waals surface area (Å²) in [6.45, 7) is 1.48. The van der Waals surface area contributed by atoms with E-state index >= 15 is 0 Å². The zero-order valence-electron chi connectivity index (χ0n) is 8.10. The number of rotatable bonds is 2. The molecule has 1 aliphatic heterocycles. The molecule has 1 aromatic heterocycles. The minimum absolute atomic E-state index is 0.0980. The molecular weight excluding hydrogens is 180 g/mol. The van der Waals surface area contributed by atoms with Crippen LogP contribution in [-0.2, 0) is 11.8 Å². The molecule has 2 unspecified atom stereocenters. The van der Waals surface area contributed by atoms with Crippen LogP contribution in [0.5, 0.6) is 0 Å². The number of nitrogens with zero attached hydrogens (tertiary/aromatic N) is 2. The molecule has 3 N–H and O–H groups in total. The van der Waals surface area contributed by atoms with E-state index in [9.17, 15) is 4.79 Å². The van der Waals surface area contributed by atoms with Crippen LogP contribution >= 0.6 is 0 Å². The van der Waals surface area contributed by atoms with Crippen molar-refractivity contribution in [2.75, 3.05) is 13.1 Å². The van der Waals surface area contributed by atoms with E-state index in [1.807, 2.05) is 13.2 Å². The Balaban J connectivity index is 2.21. The van der Waals surface area contributed by atoms with Gasteiger partial charge in [0, 0.05) is 32.3 Å². The van der Waals surface area contributed by atoms with Crippen LogP contribution in [0.3, 0.4) is 0 Å². The van der Waals surface area contributed by atoms with E-state index < -0.39 is 0 Å². The second-order valence-corrected chi connectivity index (χ2v) is 3.72. The van der Waals surface area contributed by atoms with Gasteiger partial charge in [-0.25, -0.2) is 0 Å². The molecule has 76 valence electrons. The number of primary amides is 1. The fourth-order valence-electron chi connectivity index (χ4n) is 1.96. The summed E-state index contributed by atoms with van der Waals surface area (Å²) in [5.41, 5.74) is 6.41. The van der Waals surface area contributed by atoms with Crippen LogP contribution in [0.2, 0.25) is 0 Å². The third-order valence-electron chi connectivity index (χ3n) is 2.73. The van der Waals surface area contributed by atoms with Gasteiger partial charge in [-0.15, -0.1) is 0 Å². The molecule has 5 nitrogen and oxygen atoms in total. The Bertz CT molecular complexity index is 346. The average molecular weight is 194 g/mol. The van der Waals surface area contributed by atoms with E-state index in [1.165, 1.54) is 0 Å². The van der Waals surface area contributed by atoms with Crippen molar-refractivity contribution in [3.05, 3.63) is 18.0 Å². The molecule has 0 aliphatic carbocycles. The summed E-state index contributed by atoms with van der Waals surface area (Å²) in [5.74, 6) is -0.149. The highest BCUT2D eigenvalue weighted by molar-refractivity contribution is 5.78. The molecule has 0 radical (unpaired) electrons. The molecule has 0 saturated carbocycles. The summed E-state index contributed by atoms with van der Waals surface area (Å²) >= 11 is 0. The Labute approximate surface area is 82.3 Å². The standard InChI is InChI=1S/C9H14N4O/c1-13-5-6(2-12-13)7-3-11-4-8(7)9(10)14/h2,5,7-8,11H,3-4H2,1H3,(H2,10,14). The molecule has 0 spiro atoms. The predicted molar refractivity (Wildman–Crippen MR) is 51.5 cm³/mol. The molecule has 0 aromatic carbocycles. The molecule has 14 heavy (non-hydrogen) atoms. The number of nitrogens with two attached hydrogens (primary N) is 1. The zero-order chi connectivity index (χ0) is 10.1. The molecule has 2 rings (SSSR count). The fourth-order valence-corrected chi connectivity index (χ4v) is 1.96. The molecule has 5 heteroatoms. The number of amides is 1. The van der Waals surface area contributed by atoms with Gasteiger partial charge in [-0.2, -0.15) is 5.10 Å². The second kappa shape index (κ2) is 3.42. The van der Waals surface area contributed by atoms with Crippen LogP contribution in [0.4, 0.5) is 0 Å². The highest BCUT2D eigenvalue weighted by Gasteiger charge is 2.33. The minimum Gasteiger partial charge on any atom is -0.369 e. The maximum atomic E-state index is 11.1. The Morgan fingerprint density at radius 3 is 3.07 bits per heavy atom. The van der Waals surface area contributed by atoms with Gasteiger partial charge in [0.1, 0.15) is 0 Å². The Kier molecular flexibility index (Phi) is 2.25. The molecule has 2 heterocycles. The molecule has 1 aromatic rings. The number of aryl methyl sites for hydroxylation is 1. The lowest BCUT2D eigenvalue weighted by Crippen LogP contribution is -2.28. The molecule has 1 amide bonds. The van der Waals surface area contributed by atoms with Crippen LogP contribution in [0.1, 0.15) is 11.5 Å². The summed E-state index contributed by atoms with van der Waals surface area (Å²) in [6, 6.07) is 0. The van der Waals surface area contributed by atoms with Crippen LogP contribution in [0.15, 0.2) is 12.4 Å². The third-order valence-corrected chi connectivity index (χ3v) is 2.73. The van der Waals surface area contributed by atoms with E-state index in [0.717, 1.165) is 12.1 Å². The van der Waals surface area contributed by atoms with Crippen molar-refractivity contribution in [2.24, 2.45) is 18.7 Å². The van der Waals surface area contributed by atoms with Gasteiger partial charge in [-0.1, -0.05) is 0 Å². The highest BCUT2D eigenvalue weighted by atomic mass is 16.1. The minimum atomic E-state index is -0.233. The van der Waals surface area contributed by atoms with Gasteiger partial charge in [0.15, 0.2) is 0 Å². The maximum absolute atomic E-state index is 11.1. The van der Waals surface area contributed by atoms with Gasteiger partial charge in [-0.05, 0) is 5.56 Å². The lowest BCUT2D eigenvalue weighted by atomic mass is 9.90. The lowest BCUT2D eigenvalue weighted by molar-refractivity contribution is -0.121. The van der Waals surface area contributed by atoms with Crippen LogP contribution in [-0.4, -0.2) is 28.8 Å². The van der Waals surface area contributed by atoms with Crippen molar-refractivity contribution in [1.29, 1.82) is 0 Å². The number of hydrogen-bond donors (Lipinski definition) is 2. The molecule has 2 atom stereocenters. The molecule has 1 aliphatic rings. The monoisotopic (exact) mass is 194 g/mol. The molecule has 1 fully saturated rings. The van der Waals surface area contributed by atoms with Crippen molar-refractivity contribution in [1.82, 2.24) is 15.1 Å². The zero-order valence-corrected chi connectivity index (χ0v) is 8.10. The first-order valence-corrected chi connectivity index (χ1v) is 4.67. The third kappa shape index (κ3) is 1.50. The SMILES string of the molecule is Cn1cc(C2CNCC2C(N)=O)cn1. The van der Waals surface area contributed by atoms with E-state index in [1.54, 1.807) is 10.9 Å². The average Bonchev–Trinajstić information content (AvgIpc) is 2.70. The van der Waals surface area contributed by atoms with Gasteiger partial charge < -0.3 is 11.1 Å². The van der Waals surface area contributed by atoms with Gasteiger partial charge >= 0.3 is 0 Å². The summed E-state index contributed by atoms with van der Waals surface area (Å²) in [5, 5.41) is 7.27. The van der Waals surface area contributed by atoms with Crippen molar-refractivity contribution in [3.63, 3.8) is 0 Å². The van der Waals surface area contributed by atoms with E-state index in [4.69, 9.17) is 5.73 Å². The first kappa shape index (κ1) is 9.21. The highest BCUT2D eigenvalue weighted by Crippen LogP contribution is 2.27. The van der Waals surface area contributed by atoms with Crippen molar-refractivity contribution < 1.29 is 4.79 Å². The summed E-state index contributed by atoms with van der Waals surface area (Å²) in [6.07, 6.45) is 3.74. The molecule has 0 bridgehead atoms. The van der Waals surface area contributed by atoms with Crippen LogP contribution in [0.25, 0.3) is 0 Å². The Morgan fingerprint density at radius 1 is 1.71 bits per heavy atom. The first-order chi connectivity index (χ1) is 6.68. The summed E-state index contributed by atoms with van der Waals surface area (Å²) in [4.78, 5) is 11.1. The molecular formula is C9H14N4O. The topological polar surface area (TPSA) is 72.9 Å². The van der Waals surface area contributed by atoms with Gasteiger partial charge in [0.05, 0.1) is 12.1 Å². The maximum Gasteiger partial charge on any atom is 0.222 e. The van der Waals surface area contributed by atoms with Gasteiger partial charge in [-0.3, -0.25) is 9.48 Å². The fraction of sp³-hybridized carbons (Fsp3) is 0.556. The number of carbonyl (C=O) groups excluding carboxylic acids is 1. The summed E-state index contributed by atoms with van der Waals surface area (Å²) in [7, 11) is 1.87. The van der Waals surface area contributed by atoms with Crippen molar-refractivity contribution >= 4 is 5.91 Å². The number of carbonyl (C=O) groups is 1. The largest absolute Gasteiger partial charge is 0.369 e. The normalized spacial score (nSPS) is 26.6. The second-order valence-electron chi connectivity index (χ2n) is 3.72. The Hall–Kier alpha value is -1.36. The van der Waals surface area contributed by atoms with E-state index in [-0.39, 0.29) is 17.7 Å². The first-order valence-electron chi connectivity index (χ1n) is 4.67. The van der Waals surface area contributed by atoms with Crippen molar-refractivity contribution in [3.8, 4) is 0 Å².